The molecule has 31 heavy (non-hydrogen) atoms. The number of nitrogens with zero attached hydrogens (tertiary/aromatic N) is 1. The molecule has 2 bridgehead atoms. The van der Waals surface area contributed by atoms with E-state index in [1.54, 1.807) is 0 Å². The summed E-state index contributed by atoms with van der Waals surface area (Å²) in [6.45, 7) is 2.61. The number of fused-ring (bicyclic) bond motifs is 5. The van der Waals surface area contributed by atoms with Crippen molar-refractivity contribution in [1.82, 2.24) is 4.90 Å². The van der Waals surface area contributed by atoms with E-state index in [1.807, 2.05) is 24.0 Å². The van der Waals surface area contributed by atoms with Crippen molar-refractivity contribution in [2.24, 2.45) is 5.92 Å². The zero-order valence-electron chi connectivity index (χ0n) is 18.0. The van der Waals surface area contributed by atoms with Crippen LogP contribution in [0.4, 0.5) is 4.79 Å². The molecule has 2 aliphatic heterocycles. The van der Waals surface area contributed by atoms with Gasteiger partial charge in [0, 0.05) is 24.4 Å². The van der Waals surface area contributed by atoms with Gasteiger partial charge in [0.1, 0.15) is 6.61 Å². The molecule has 1 aliphatic carbocycles. The number of rotatable bonds is 5. The van der Waals surface area contributed by atoms with Gasteiger partial charge in [0.2, 0.25) is 0 Å². The topological polar surface area (TPSA) is 55.8 Å². The van der Waals surface area contributed by atoms with Crippen LogP contribution in [0.25, 0.3) is 11.1 Å². The number of hydrogen-bond donors (Lipinski definition) is 0. The molecule has 0 aromatic heterocycles. The number of hydrogen-bond acceptors (Lipinski definition) is 4. The summed E-state index contributed by atoms with van der Waals surface area (Å²) in [5, 5.41) is 0. The number of carbonyl (C=O) groups is 2. The van der Waals surface area contributed by atoms with Crippen LogP contribution in [0.1, 0.15) is 56.1 Å². The monoisotopic (exact) mass is 419 g/mol. The first kappa shape index (κ1) is 20.1. The van der Waals surface area contributed by atoms with Crippen LogP contribution in [0.3, 0.4) is 0 Å². The van der Waals surface area contributed by atoms with Gasteiger partial charge in [-0.1, -0.05) is 48.5 Å². The highest BCUT2D eigenvalue weighted by molar-refractivity contribution is 5.79. The Balaban J connectivity index is 1.25. The molecular formula is C26H29NO4. The Morgan fingerprint density at radius 2 is 1.48 bits per heavy atom. The highest BCUT2D eigenvalue weighted by Gasteiger charge is 2.44. The molecule has 0 radical (unpaired) electrons. The fourth-order valence-corrected chi connectivity index (χ4v) is 5.88. The number of benzene rings is 2. The first-order valence-corrected chi connectivity index (χ1v) is 11.4. The molecule has 162 valence electrons. The second-order valence-electron chi connectivity index (χ2n) is 8.94. The second-order valence-corrected chi connectivity index (χ2v) is 8.94. The van der Waals surface area contributed by atoms with Gasteiger partial charge >= 0.3 is 12.1 Å². The zero-order chi connectivity index (χ0) is 21.4. The Kier molecular flexibility index (Phi) is 5.43. The summed E-state index contributed by atoms with van der Waals surface area (Å²) in [5.74, 6) is 0.256. The smallest absolute Gasteiger partial charge is 0.410 e. The van der Waals surface area contributed by atoms with Crippen molar-refractivity contribution in [3.05, 3.63) is 59.7 Å². The van der Waals surface area contributed by atoms with Crippen LogP contribution in [-0.4, -0.2) is 42.3 Å². The van der Waals surface area contributed by atoms with Gasteiger partial charge in [-0.25, -0.2) is 4.79 Å². The van der Waals surface area contributed by atoms with Crippen molar-refractivity contribution >= 4 is 12.1 Å². The van der Waals surface area contributed by atoms with Crippen LogP contribution in [0.2, 0.25) is 0 Å². The molecule has 5 nitrogen and oxygen atoms in total. The molecule has 5 rings (SSSR count). The lowest BCUT2D eigenvalue weighted by molar-refractivity contribution is -0.144. The Labute approximate surface area is 183 Å². The fraction of sp³-hybridized carbons (Fsp3) is 0.462. The third-order valence-electron chi connectivity index (χ3n) is 7.14. The summed E-state index contributed by atoms with van der Waals surface area (Å²) in [6, 6.07) is 17.1. The Morgan fingerprint density at radius 1 is 0.903 bits per heavy atom. The largest absolute Gasteiger partial charge is 0.466 e. The number of carbonyl (C=O) groups excluding carboxylic acids is 2. The Morgan fingerprint density at radius 3 is 2.06 bits per heavy atom. The van der Waals surface area contributed by atoms with Gasteiger partial charge in [-0.05, 0) is 60.8 Å². The van der Waals surface area contributed by atoms with Crippen molar-refractivity contribution in [3.63, 3.8) is 0 Å². The van der Waals surface area contributed by atoms with Crippen LogP contribution in [0.15, 0.2) is 48.5 Å². The average molecular weight is 420 g/mol. The molecule has 0 spiro atoms. The highest BCUT2D eigenvalue weighted by Crippen LogP contribution is 2.45. The maximum absolute atomic E-state index is 13.1. The molecule has 2 aromatic rings. The molecule has 2 fully saturated rings. The first-order valence-electron chi connectivity index (χ1n) is 11.4. The number of amides is 1. The van der Waals surface area contributed by atoms with Crippen LogP contribution < -0.4 is 0 Å². The van der Waals surface area contributed by atoms with Crippen molar-refractivity contribution in [1.29, 1.82) is 0 Å². The molecule has 3 aliphatic rings. The first-order chi connectivity index (χ1) is 15.2. The van der Waals surface area contributed by atoms with E-state index >= 15 is 0 Å². The minimum atomic E-state index is -0.205. The van der Waals surface area contributed by atoms with E-state index in [0.29, 0.717) is 25.6 Å². The highest BCUT2D eigenvalue weighted by atomic mass is 16.6. The lowest BCUT2D eigenvalue weighted by atomic mass is 9.88. The van der Waals surface area contributed by atoms with Crippen LogP contribution >= 0.6 is 0 Å². The predicted octanol–water partition coefficient (Wildman–Crippen LogP) is 5.13. The fourth-order valence-electron chi connectivity index (χ4n) is 5.88. The van der Waals surface area contributed by atoms with E-state index < -0.39 is 0 Å². The third kappa shape index (κ3) is 3.71. The van der Waals surface area contributed by atoms with E-state index in [2.05, 4.69) is 36.4 Å². The summed E-state index contributed by atoms with van der Waals surface area (Å²) in [5.41, 5.74) is 4.93. The number of piperidine rings is 1. The Hall–Kier alpha value is -2.82. The normalized spacial score (nSPS) is 23.9. The lowest BCUT2D eigenvalue weighted by Crippen LogP contribution is -2.47. The number of esters is 1. The molecule has 0 saturated carbocycles. The summed E-state index contributed by atoms with van der Waals surface area (Å²) in [4.78, 5) is 26.9. The van der Waals surface area contributed by atoms with Crippen molar-refractivity contribution in [2.75, 3.05) is 13.2 Å². The van der Waals surface area contributed by atoms with Gasteiger partial charge in [-0.15, -0.1) is 0 Å². The van der Waals surface area contributed by atoms with Crippen molar-refractivity contribution in [2.45, 2.75) is 57.0 Å². The maximum atomic E-state index is 13.1. The standard InChI is InChI=1S/C26H29NO4/c1-2-30-25(28)15-17-13-18-11-12-19(14-17)27(18)26(29)31-16-24-22-9-5-3-7-20(22)21-8-4-6-10-23(21)24/h3-10,17-19,24H,2,11-16H2,1H3. The molecule has 2 unspecified atom stereocenters. The molecule has 1 amide bonds. The number of ether oxygens (including phenoxy) is 2. The van der Waals surface area contributed by atoms with E-state index in [-0.39, 0.29) is 30.1 Å². The van der Waals surface area contributed by atoms with Gasteiger partial charge in [0.25, 0.3) is 0 Å². The molecule has 2 aromatic carbocycles. The molecule has 2 saturated heterocycles. The van der Waals surface area contributed by atoms with Crippen molar-refractivity contribution in [3.8, 4) is 11.1 Å². The SMILES string of the molecule is CCOC(=O)CC1CC2CCC(C1)N2C(=O)OCC1c2ccccc2-c2ccccc21. The summed E-state index contributed by atoms with van der Waals surface area (Å²) < 4.78 is 11.0. The van der Waals surface area contributed by atoms with Gasteiger partial charge in [0.05, 0.1) is 6.61 Å². The summed E-state index contributed by atoms with van der Waals surface area (Å²) in [6.07, 6.45) is 3.96. The van der Waals surface area contributed by atoms with E-state index in [0.717, 1.165) is 25.7 Å². The minimum absolute atomic E-state index is 0.0790. The quantitative estimate of drug-likeness (QED) is 0.631. The molecule has 2 atom stereocenters. The van der Waals surface area contributed by atoms with Crippen molar-refractivity contribution < 1.29 is 19.1 Å². The van der Waals surface area contributed by atoms with Gasteiger partial charge < -0.3 is 14.4 Å². The molecule has 2 heterocycles. The van der Waals surface area contributed by atoms with Gasteiger partial charge in [0.15, 0.2) is 0 Å². The predicted molar refractivity (Wildman–Crippen MR) is 118 cm³/mol. The van der Waals surface area contributed by atoms with Gasteiger partial charge in [-0.2, -0.15) is 0 Å². The maximum Gasteiger partial charge on any atom is 0.410 e. The third-order valence-corrected chi connectivity index (χ3v) is 7.14. The Bertz CT molecular complexity index is 927. The summed E-state index contributed by atoms with van der Waals surface area (Å²) >= 11 is 0. The van der Waals surface area contributed by atoms with E-state index in [1.165, 1.54) is 22.3 Å². The van der Waals surface area contributed by atoms with Crippen LogP contribution in [0, 0.1) is 5.92 Å². The van der Waals surface area contributed by atoms with Gasteiger partial charge in [-0.3, -0.25) is 4.79 Å². The van der Waals surface area contributed by atoms with Crippen LogP contribution in [0.5, 0.6) is 0 Å². The molecular weight excluding hydrogens is 390 g/mol. The zero-order valence-corrected chi connectivity index (χ0v) is 18.0. The minimum Gasteiger partial charge on any atom is -0.466 e. The average Bonchev–Trinajstić information content (AvgIpc) is 3.24. The molecule has 0 N–H and O–H groups in total. The molecule has 5 heteroatoms. The lowest BCUT2D eigenvalue weighted by Gasteiger charge is -2.38. The van der Waals surface area contributed by atoms with E-state index in [9.17, 15) is 9.59 Å². The van der Waals surface area contributed by atoms with E-state index in [4.69, 9.17) is 9.47 Å². The second kappa shape index (κ2) is 8.37. The summed E-state index contributed by atoms with van der Waals surface area (Å²) in [7, 11) is 0. The van der Waals surface area contributed by atoms with Crippen LogP contribution in [-0.2, 0) is 14.3 Å².